The van der Waals surface area contributed by atoms with Gasteiger partial charge in [-0.2, -0.15) is 0 Å². The van der Waals surface area contributed by atoms with Crippen LogP contribution >= 0.6 is 24.0 Å². The van der Waals surface area contributed by atoms with E-state index in [0.29, 0.717) is 12.6 Å². The van der Waals surface area contributed by atoms with E-state index in [4.69, 9.17) is 9.47 Å². The Labute approximate surface area is 181 Å². The SMILES string of the molecule is CN=C(NCCN(C(C)C)C1CC1)N(C)Cc1ccc(OC)cc1OC.I. The van der Waals surface area contributed by atoms with Gasteiger partial charge in [0.05, 0.1) is 14.2 Å². The van der Waals surface area contributed by atoms with Crippen molar-refractivity contribution in [2.24, 2.45) is 4.99 Å². The molecule has 0 spiro atoms. The van der Waals surface area contributed by atoms with Gasteiger partial charge in [-0.3, -0.25) is 9.89 Å². The lowest BCUT2D eigenvalue weighted by molar-refractivity contribution is 0.214. The van der Waals surface area contributed by atoms with Crippen LogP contribution in [-0.2, 0) is 6.54 Å². The maximum absolute atomic E-state index is 5.50. The van der Waals surface area contributed by atoms with Gasteiger partial charge in [-0.15, -0.1) is 24.0 Å². The normalized spacial score (nSPS) is 14.1. The smallest absolute Gasteiger partial charge is 0.193 e. The lowest BCUT2D eigenvalue weighted by Gasteiger charge is -2.28. The topological polar surface area (TPSA) is 49.3 Å². The molecule has 1 aliphatic rings. The van der Waals surface area contributed by atoms with Gasteiger partial charge in [-0.1, -0.05) is 0 Å². The maximum atomic E-state index is 5.50. The molecule has 1 aromatic carbocycles. The van der Waals surface area contributed by atoms with Crippen molar-refractivity contribution in [3.05, 3.63) is 23.8 Å². The Balaban J connectivity index is 0.00000364. The molecule has 0 bridgehead atoms. The molecular weight excluding hydrogens is 455 g/mol. The molecule has 2 rings (SSSR count). The average molecular weight is 490 g/mol. The number of nitrogens with zero attached hydrogens (tertiary/aromatic N) is 3. The summed E-state index contributed by atoms with van der Waals surface area (Å²) in [5.41, 5.74) is 1.10. The van der Waals surface area contributed by atoms with Crippen LogP contribution in [0, 0.1) is 0 Å². The van der Waals surface area contributed by atoms with Gasteiger partial charge in [0.25, 0.3) is 0 Å². The highest BCUT2D eigenvalue weighted by molar-refractivity contribution is 14.0. The van der Waals surface area contributed by atoms with Crippen LogP contribution in [0.4, 0.5) is 0 Å². The minimum atomic E-state index is 0. The van der Waals surface area contributed by atoms with E-state index in [0.717, 1.165) is 42.2 Å². The first-order valence-electron chi connectivity index (χ1n) is 9.38. The number of nitrogens with one attached hydrogen (secondary N) is 1. The maximum Gasteiger partial charge on any atom is 0.193 e. The summed E-state index contributed by atoms with van der Waals surface area (Å²) in [6.07, 6.45) is 2.67. The van der Waals surface area contributed by atoms with Crippen LogP contribution in [0.2, 0.25) is 0 Å². The molecule has 1 aliphatic carbocycles. The number of methoxy groups -OCH3 is 2. The Bertz CT molecular complexity index is 604. The summed E-state index contributed by atoms with van der Waals surface area (Å²) >= 11 is 0. The van der Waals surface area contributed by atoms with Gasteiger partial charge in [-0.25, -0.2) is 0 Å². The molecule has 0 aliphatic heterocycles. The van der Waals surface area contributed by atoms with E-state index >= 15 is 0 Å². The first kappa shape index (κ1) is 23.8. The van der Waals surface area contributed by atoms with Crippen LogP contribution in [0.15, 0.2) is 23.2 Å². The summed E-state index contributed by atoms with van der Waals surface area (Å²) in [6, 6.07) is 7.27. The monoisotopic (exact) mass is 490 g/mol. The Kier molecular flexibility index (Phi) is 10.2. The molecule has 7 heteroatoms. The first-order valence-corrected chi connectivity index (χ1v) is 9.38. The molecule has 0 heterocycles. The molecule has 0 amide bonds. The molecule has 27 heavy (non-hydrogen) atoms. The van der Waals surface area contributed by atoms with Crippen molar-refractivity contribution in [2.45, 2.75) is 45.3 Å². The van der Waals surface area contributed by atoms with Gasteiger partial charge in [-0.05, 0) is 38.8 Å². The standard InChI is InChI=1S/C20H34N4O2.HI/c1-15(2)24(17-8-9-17)12-11-22-20(21-3)23(4)14-16-7-10-18(25-5)13-19(16)26-6;/h7,10,13,15,17H,8-9,11-12,14H2,1-6H3,(H,21,22);1H. The summed E-state index contributed by atoms with van der Waals surface area (Å²) < 4.78 is 10.8. The number of guanidine groups is 1. The van der Waals surface area contributed by atoms with Crippen LogP contribution in [0.5, 0.6) is 11.5 Å². The van der Waals surface area contributed by atoms with E-state index in [-0.39, 0.29) is 24.0 Å². The van der Waals surface area contributed by atoms with Crippen LogP contribution in [-0.4, -0.2) is 69.2 Å². The van der Waals surface area contributed by atoms with E-state index in [1.54, 1.807) is 14.2 Å². The highest BCUT2D eigenvalue weighted by Gasteiger charge is 2.30. The van der Waals surface area contributed by atoms with Crippen molar-refractivity contribution in [2.75, 3.05) is 41.4 Å². The van der Waals surface area contributed by atoms with Gasteiger partial charge in [0.15, 0.2) is 5.96 Å². The third-order valence-electron chi connectivity index (χ3n) is 4.81. The molecule has 0 saturated heterocycles. The summed E-state index contributed by atoms with van der Waals surface area (Å²) in [7, 11) is 7.21. The zero-order chi connectivity index (χ0) is 19.1. The molecule has 0 aromatic heterocycles. The van der Waals surface area contributed by atoms with Crippen molar-refractivity contribution in [3.8, 4) is 11.5 Å². The second-order valence-corrected chi connectivity index (χ2v) is 7.07. The number of halogens is 1. The predicted octanol–water partition coefficient (Wildman–Crippen LogP) is 3.20. The number of benzene rings is 1. The summed E-state index contributed by atoms with van der Waals surface area (Å²) in [5, 5.41) is 3.49. The van der Waals surface area contributed by atoms with Gasteiger partial charge in [0.2, 0.25) is 0 Å². The van der Waals surface area contributed by atoms with Gasteiger partial charge in [0, 0.05) is 57.4 Å². The predicted molar refractivity (Wildman–Crippen MR) is 123 cm³/mol. The number of rotatable bonds is 9. The molecule has 1 aromatic rings. The van der Waals surface area contributed by atoms with Crippen molar-refractivity contribution in [1.29, 1.82) is 0 Å². The van der Waals surface area contributed by atoms with Crippen LogP contribution in [0.3, 0.4) is 0 Å². The number of hydrogen-bond donors (Lipinski definition) is 1. The quantitative estimate of drug-likeness (QED) is 0.328. The molecule has 6 nitrogen and oxygen atoms in total. The largest absolute Gasteiger partial charge is 0.497 e. The minimum Gasteiger partial charge on any atom is -0.497 e. The summed E-state index contributed by atoms with van der Waals surface area (Å²) in [4.78, 5) is 9.11. The molecule has 154 valence electrons. The molecule has 0 radical (unpaired) electrons. The molecule has 0 unspecified atom stereocenters. The fourth-order valence-electron chi connectivity index (χ4n) is 3.26. The molecule has 1 fully saturated rings. The third kappa shape index (κ3) is 7.03. The molecule has 1 saturated carbocycles. The average Bonchev–Trinajstić information content (AvgIpc) is 3.46. The lowest BCUT2D eigenvalue weighted by Crippen LogP contribution is -2.44. The van der Waals surface area contributed by atoms with Gasteiger partial charge < -0.3 is 19.7 Å². The second kappa shape index (κ2) is 11.6. The summed E-state index contributed by atoms with van der Waals surface area (Å²) in [6.45, 7) is 7.19. The van der Waals surface area contributed by atoms with E-state index in [1.807, 2.05) is 32.3 Å². The van der Waals surface area contributed by atoms with E-state index in [2.05, 4.69) is 34.0 Å². The van der Waals surface area contributed by atoms with Crippen molar-refractivity contribution in [1.82, 2.24) is 15.1 Å². The molecule has 1 N–H and O–H groups in total. The number of ether oxygens (including phenoxy) is 2. The van der Waals surface area contributed by atoms with E-state index in [9.17, 15) is 0 Å². The van der Waals surface area contributed by atoms with Gasteiger partial charge >= 0.3 is 0 Å². The van der Waals surface area contributed by atoms with Crippen molar-refractivity contribution in [3.63, 3.8) is 0 Å². The van der Waals surface area contributed by atoms with Crippen LogP contribution in [0.25, 0.3) is 0 Å². The Hall–Kier alpha value is -1.22. The Morgan fingerprint density at radius 1 is 1.26 bits per heavy atom. The zero-order valence-electron chi connectivity index (χ0n) is 17.5. The number of aliphatic imine (C=N–C) groups is 1. The first-order chi connectivity index (χ1) is 12.5. The van der Waals surface area contributed by atoms with Crippen molar-refractivity contribution >= 4 is 29.9 Å². The van der Waals surface area contributed by atoms with Crippen LogP contribution in [0.1, 0.15) is 32.3 Å². The minimum absolute atomic E-state index is 0. The number of hydrogen-bond acceptors (Lipinski definition) is 4. The Morgan fingerprint density at radius 3 is 2.48 bits per heavy atom. The highest BCUT2D eigenvalue weighted by Crippen LogP contribution is 2.28. The summed E-state index contributed by atoms with van der Waals surface area (Å²) in [5.74, 6) is 2.51. The molecular formula is C20H35IN4O2. The van der Waals surface area contributed by atoms with Gasteiger partial charge in [0.1, 0.15) is 11.5 Å². The van der Waals surface area contributed by atoms with E-state index in [1.165, 1.54) is 12.8 Å². The highest BCUT2D eigenvalue weighted by atomic mass is 127. The molecule has 0 atom stereocenters. The van der Waals surface area contributed by atoms with Crippen LogP contribution < -0.4 is 14.8 Å². The lowest BCUT2D eigenvalue weighted by atomic mass is 10.2. The van der Waals surface area contributed by atoms with Crippen molar-refractivity contribution < 1.29 is 9.47 Å². The fourth-order valence-corrected chi connectivity index (χ4v) is 3.26. The second-order valence-electron chi connectivity index (χ2n) is 7.07. The fraction of sp³-hybridized carbons (Fsp3) is 0.650. The third-order valence-corrected chi connectivity index (χ3v) is 4.81. The van der Waals surface area contributed by atoms with E-state index < -0.39 is 0 Å². The zero-order valence-corrected chi connectivity index (χ0v) is 19.8. The Morgan fingerprint density at radius 2 is 1.96 bits per heavy atom.